The molecule has 1 fully saturated rings. The highest BCUT2D eigenvalue weighted by Gasteiger charge is 2.22. The molecule has 0 aromatic heterocycles. The van der Waals surface area contributed by atoms with E-state index in [0.717, 1.165) is 23.9 Å². The first-order valence-corrected chi connectivity index (χ1v) is 8.04. The largest absolute Gasteiger partial charge is 0.469 e. The number of esters is 1. The SMILES string of the molecule is COC(=O)C(CNCC1CCCC(C)C1)c1ccccc1. The monoisotopic (exact) mass is 289 g/mol. The van der Waals surface area contributed by atoms with Gasteiger partial charge in [0, 0.05) is 6.54 Å². The topological polar surface area (TPSA) is 38.3 Å². The molecule has 3 unspecified atom stereocenters. The lowest BCUT2D eigenvalue weighted by atomic mass is 9.82. The van der Waals surface area contributed by atoms with E-state index in [2.05, 4.69) is 12.2 Å². The molecule has 21 heavy (non-hydrogen) atoms. The van der Waals surface area contributed by atoms with Gasteiger partial charge in [0.25, 0.3) is 0 Å². The van der Waals surface area contributed by atoms with Crippen molar-refractivity contribution in [3.8, 4) is 0 Å². The van der Waals surface area contributed by atoms with Crippen molar-refractivity contribution in [2.75, 3.05) is 20.2 Å². The number of carbonyl (C=O) groups is 1. The third-order valence-electron chi connectivity index (χ3n) is 4.51. The lowest BCUT2D eigenvalue weighted by Crippen LogP contribution is -2.32. The van der Waals surface area contributed by atoms with Gasteiger partial charge in [-0.05, 0) is 36.8 Å². The van der Waals surface area contributed by atoms with Gasteiger partial charge in [-0.25, -0.2) is 0 Å². The second-order valence-corrected chi connectivity index (χ2v) is 6.28. The van der Waals surface area contributed by atoms with E-state index in [1.54, 1.807) is 0 Å². The summed E-state index contributed by atoms with van der Waals surface area (Å²) in [5, 5.41) is 3.49. The molecule has 0 spiro atoms. The fourth-order valence-corrected chi connectivity index (χ4v) is 3.34. The summed E-state index contributed by atoms with van der Waals surface area (Å²) in [6, 6.07) is 9.88. The molecule has 0 bridgehead atoms. The molecule has 0 heterocycles. The van der Waals surface area contributed by atoms with Crippen LogP contribution in [0, 0.1) is 11.8 Å². The first-order valence-electron chi connectivity index (χ1n) is 8.04. The maximum absolute atomic E-state index is 12.0. The molecular weight excluding hydrogens is 262 g/mol. The molecule has 0 aliphatic heterocycles. The van der Waals surface area contributed by atoms with Crippen molar-refractivity contribution >= 4 is 5.97 Å². The number of hydrogen-bond acceptors (Lipinski definition) is 3. The van der Waals surface area contributed by atoms with Gasteiger partial charge in [-0.15, -0.1) is 0 Å². The minimum atomic E-state index is -0.211. The maximum atomic E-state index is 12.0. The van der Waals surface area contributed by atoms with E-state index in [0.29, 0.717) is 6.54 Å². The van der Waals surface area contributed by atoms with Crippen molar-refractivity contribution < 1.29 is 9.53 Å². The van der Waals surface area contributed by atoms with Crippen LogP contribution in [0.1, 0.15) is 44.1 Å². The van der Waals surface area contributed by atoms with Crippen LogP contribution >= 0.6 is 0 Å². The van der Waals surface area contributed by atoms with Crippen molar-refractivity contribution in [2.45, 2.75) is 38.5 Å². The van der Waals surface area contributed by atoms with Crippen LogP contribution in [0.2, 0.25) is 0 Å². The molecule has 1 saturated carbocycles. The Hall–Kier alpha value is -1.35. The smallest absolute Gasteiger partial charge is 0.314 e. The predicted molar refractivity (Wildman–Crippen MR) is 85.2 cm³/mol. The molecule has 1 aliphatic rings. The summed E-state index contributed by atoms with van der Waals surface area (Å²) in [5.41, 5.74) is 1.02. The zero-order chi connectivity index (χ0) is 15.1. The Morgan fingerprint density at radius 3 is 2.76 bits per heavy atom. The van der Waals surface area contributed by atoms with Gasteiger partial charge in [0.1, 0.15) is 0 Å². The Morgan fingerprint density at radius 2 is 2.10 bits per heavy atom. The molecule has 0 amide bonds. The minimum Gasteiger partial charge on any atom is -0.469 e. The second-order valence-electron chi connectivity index (χ2n) is 6.28. The van der Waals surface area contributed by atoms with Crippen molar-refractivity contribution in [1.82, 2.24) is 5.32 Å². The Bertz CT molecular complexity index is 432. The van der Waals surface area contributed by atoms with E-state index in [-0.39, 0.29) is 11.9 Å². The van der Waals surface area contributed by atoms with Gasteiger partial charge in [-0.1, -0.05) is 50.1 Å². The Kier molecular flexibility index (Phi) is 6.24. The van der Waals surface area contributed by atoms with Gasteiger partial charge in [0.05, 0.1) is 13.0 Å². The molecule has 0 saturated heterocycles. The summed E-state index contributed by atoms with van der Waals surface area (Å²) in [4.78, 5) is 12.0. The van der Waals surface area contributed by atoms with Gasteiger partial charge >= 0.3 is 5.97 Å². The van der Waals surface area contributed by atoms with Crippen LogP contribution in [0.5, 0.6) is 0 Å². The van der Waals surface area contributed by atoms with Crippen LogP contribution in [0.3, 0.4) is 0 Å². The molecule has 116 valence electrons. The molecule has 2 rings (SSSR count). The van der Waals surface area contributed by atoms with Gasteiger partial charge in [0.2, 0.25) is 0 Å². The number of rotatable bonds is 6. The predicted octanol–water partition coefficient (Wildman–Crippen LogP) is 3.36. The summed E-state index contributed by atoms with van der Waals surface area (Å²) < 4.78 is 4.95. The van der Waals surface area contributed by atoms with E-state index >= 15 is 0 Å². The first-order chi connectivity index (χ1) is 10.2. The van der Waals surface area contributed by atoms with Crippen LogP contribution in [0.25, 0.3) is 0 Å². The first kappa shape index (κ1) is 16.0. The fraction of sp³-hybridized carbons (Fsp3) is 0.611. The van der Waals surface area contributed by atoms with Crippen molar-refractivity contribution in [3.05, 3.63) is 35.9 Å². The van der Waals surface area contributed by atoms with Crippen LogP contribution in [-0.4, -0.2) is 26.2 Å². The Morgan fingerprint density at radius 1 is 1.33 bits per heavy atom. The molecule has 1 aromatic rings. The Labute approximate surface area is 128 Å². The van der Waals surface area contributed by atoms with E-state index in [4.69, 9.17) is 4.74 Å². The van der Waals surface area contributed by atoms with Crippen LogP contribution in [0.15, 0.2) is 30.3 Å². The van der Waals surface area contributed by atoms with Gasteiger partial charge in [-0.2, -0.15) is 0 Å². The van der Waals surface area contributed by atoms with Crippen LogP contribution in [0.4, 0.5) is 0 Å². The Balaban J connectivity index is 1.86. The molecule has 1 aromatic carbocycles. The average Bonchev–Trinajstić information content (AvgIpc) is 2.52. The zero-order valence-electron chi connectivity index (χ0n) is 13.2. The normalized spacial score (nSPS) is 23.5. The van der Waals surface area contributed by atoms with Gasteiger partial charge in [0.15, 0.2) is 0 Å². The third kappa shape index (κ3) is 4.85. The lowest BCUT2D eigenvalue weighted by molar-refractivity contribution is -0.142. The third-order valence-corrected chi connectivity index (χ3v) is 4.51. The second kappa shape index (κ2) is 8.18. The molecular formula is C18H27NO2. The molecule has 3 nitrogen and oxygen atoms in total. The standard InChI is InChI=1S/C18H27NO2/c1-14-7-6-8-15(11-14)12-19-13-17(18(20)21-2)16-9-4-3-5-10-16/h3-5,9-10,14-15,17,19H,6-8,11-13H2,1-2H3. The number of benzene rings is 1. The summed E-state index contributed by atoms with van der Waals surface area (Å²) in [6.45, 7) is 4.00. The summed E-state index contributed by atoms with van der Waals surface area (Å²) in [6.07, 6.45) is 5.32. The number of nitrogens with one attached hydrogen (secondary N) is 1. The van der Waals surface area contributed by atoms with Gasteiger partial charge in [-0.3, -0.25) is 4.79 Å². The van der Waals surface area contributed by atoms with E-state index in [1.165, 1.54) is 32.8 Å². The molecule has 0 radical (unpaired) electrons. The highest BCUT2D eigenvalue weighted by atomic mass is 16.5. The van der Waals surface area contributed by atoms with Crippen LogP contribution < -0.4 is 5.32 Å². The zero-order valence-corrected chi connectivity index (χ0v) is 13.2. The van der Waals surface area contributed by atoms with Gasteiger partial charge < -0.3 is 10.1 Å². The highest BCUT2D eigenvalue weighted by Crippen LogP contribution is 2.28. The molecule has 3 heteroatoms. The summed E-state index contributed by atoms with van der Waals surface area (Å²) in [5.74, 6) is 1.22. The van der Waals surface area contributed by atoms with Crippen LogP contribution in [-0.2, 0) is 9.53 Å². The fourth-order valence-electron chi connectivity index (χ4n) is 3.34. The summed E-state index contributed by atoms with van der Waals surface area (Å²) >= 11 is 0. The molecule has 1 N–H and O–H groups in total. The number of hydrogen-bond donors (Lipinski definition) is 1. The molecule has 1 aliphatic carbocycles. The number of carbonyl (C=O) groups excluding carboxylic acids is 1. The average molecular weight is 289 g/mol. The molecule has 3 atom stereocenters. The van der Waals surface area contributed by atoms with E-state index in [9.17, 15) is 4.79 Å². The van der Waals surface area contributed by atoms with Crippen molar-refractivity contribution in [1.29, 1.82) is 0 Å². The highest BCUT2D eigenvalue weighted by molar-refractivity contribution is 5.78. The summed E-state index contributed by atoms with van der Waals surface area (Å²) in [7, 11) is 1.46. The lowest BCUT2D eigenvalue weighted by Gasteiger charge is -2.27. The maximum Gasteiger partial charge on any atom is 0.314 e. The van der Waals surface area contributed by atoms with E-state index in [1.807, 2.05) is 30.3 Å². The minimum absolute atomic E-state index is 0.161. The number of methoxy groups -OCH3 is 1. The van der Waals surface area contributed by atoms with Crippen molar-refractivity contribution in [2.24, 2.45) is 11.8 Å². The van der Waals surface area contributed by atoms with Crippen molar-refractivity contribution in [3.63, 3.8) is 0 Å². The number of ether oxygens (including phenoxy) is 1. The quantitative estimate of drug-likeness (QED) is 0.816. The van der Waals surface area contributed by atoms with E-state index < -0.39 is 0 Å².